The van der Waals surface area contributed by atoms with E-state index in [0.717, 1.165) is 6.42 Å². The lowest BCUT2D eigenvalue weighted by atomic mass is 10.1. The predicted molar refractivity (Wildman–Crippen MR) is 81.9 cm³/mol. The zero-order valence-corrected chi connectivity index (χ0v) is 12.7. The van der Waals surface area contributed by atoms with E-state index in [9.17, 15) is 14.0 Å². The van der Waals surface area contributed by atoms with Gasteiger partial charge in [-0.25, -0.2) is 13.9 Å². The summed E-state index contributed by atoms with van der Waals surface area (Å²) in [5.41, 5.74) is 0.711. The lowest BCUT2D eigenvalue weighted by Gasteiger charge is -2.12. The Labute approximate surface area is 132 Å². The van der Waals surface area contributed by atoms with Crippen molar-refractivity contribution in [2.24, 2.45) is 0 Å². The van der Waals surface area contributed by atoms with Crippen molar-refractivity contribution in [3.63, 3.8) is 0 Å². The van der Waals surface area contributed by atoms with Gasteiger partial charge in [-0.2, -0.15) is 5.10 Å². The van der Waals surface area contributed by atoms with Gasteiger partial charge in [0.2, 0.25) is 0 Å². The largest absolute Gasteiger partial charge is 0.480 e. The van der Waals surface area contributed by atoms with Crippen molar-refractivity contribution in [2.45, 2.75) is 32.2 Å². The van der Waals surface area contributed by atoms with Gasteiger partial charge < -0.3 is 10.4 Å². The summed E-state index contributed by atoms with van der Waals surface area (Å²) in [6.45, 7) is 1.95. The van der Waals surface area contributed by atoms with Crippen LogP contribution in [0.2, 0.25) is 0 Å². The minimum Gasteiger partial charge on any atom is -0.480 e. The number of halogens is 1. The van der Waals surface area contributed by atoms with Crippen molar-refractivity contribution in [3.8, 4) is 5.69 Å². The molecule has 0 radical (unpaired) electrons. The molecule has 2 rings (SSSR count). The van der Waals surface area contributed by atoms with Gasteiger partial charge in [-0.15, -0.1) is 0 Å². The second-order valence-corrected chi connectivity index (χ2v) is 5.13. The molecule has 1 amide bonds. The first-order valence-corrected chi connectivity index (χ1v) is 7.36. The van der Waals surface area contributed by atoms with Crippen LogP contribution in [0.4, 0.5) is 4.39 Å². The van der Waals surface area contributed by atoms with E-state index in [1.165, 1.54) is 35.0 Å². The highest BCUT2D eigenvalue weighted by molar-refractivity contribution is 5.94. The smallest absolute Gasteiger partial charge is 0.326 e. The molecule has 0 saturated heterocycles. The zero-order valence-electron chi connectivity index (χ0n) is 12.7. The second kappa shape index (κ2) is 7.53. The molecule has 0 aliphatic rings. The van der Waals surface area contributed by atoms with Gasteiger partial charge in [0.15, 0.2) is 5.69 Å². The Kier molecular flexibility index (Phi) is 5.46. The molecule has 6 nitrogen and oxygen atoms in total. The third-order valence-corrected chi connectivity index (χ3v) is 3.36. The maximum absolute atomic E-state index is 12.9. The molecule has 1 heterocycles. The summed E-state index contributed by atoms with van der Waals surface area (Å²) in [7, 11) is 0. The first-order chi connectivity index (χ1) is 11.0. The number of rotatable bonds is 7. The minimum absolute atomic E-state index is 0.108. The average molecular weight is 319 g/mol. The van der Waals surface area contributed by atoms with Crippen LogP contribution in [-0.4, -0.2) is 32.8 Å². The van der Waals surface area contributed by atoms with Crippen LogP contribution < -0.4 is 5.32 Å². The Morgan fingerprint density at radius 2 is 2.00 bits per heavy atom. The molecular formula is C16H18FN3O3. The summed E-state index contributed by atoms with van der Waals surface area (Å²) < 4.78 is 14.3. The molecule has 7 heteroatoms. The normalized spacial score (nSPS) is 11.9. The van der Waals surface area contributed by atoms with Crippen molar-refractivity contribution < 1.29 is 19.1 Å². The first-order valence-electron chi connectivity index (χ1n) is 7.36. The molecule has 2 N–H and O–H groups in total. The molecule has 0 spiro atoms. The number of hydrogen-bond acceptors (Lipinski definition) is 3. The number of aliphatic carboxylic acids is 1. The molecule has 0 bridgehead atoms. The van der Waals surface area contributed by atoms with Crippen LogP contribution in [0.3, 0.4) is 0 Å². The van der Waals surface area contributed by atoms with Gasteiger partial charge >= 0.3 is 5.97 Å². The number of unbranched alkanes of at least 4 members (excludes halogenated alkanes) is 1. The molecular weight excluding hydrogens is 301 g/mol. The summed E-state index contributed by atoms with van der Waals surface area (Å²) in [5.74, 6) is -1.97. The second-order valence-electron chi connectivity index (χ2n) is 5.13. The number of hydrogen-bond donors (Lipinski definition) is 2. The van der Waals surface area contributed by atoms with Crippen LogP contribution in [-0.2, 0) is 4.79 Å². The van der Waals surface area contributed by atoms with Crippen LogP contribution in [0.15, 0.2) is 36.5 Å². The predicted octanol–water partition coefficient (Wildman–Crippen LogP) is 2.38. The molecule has 0 aliphatic heterocycles. The maximum Gasteiger partial charge on any atom is 0.326 e. The Morgan fingerprint density at radius 3 is 2.61 bits per heavy atom. The highest BCUT2D eigenvalue weighted by atomic mass is 19.1. The highest BCUT2D eigenvalue weighted by Crippen LogP contribution is 2.09. The van der Waals surface area contributed by atoms with E-state index in [-0.39, 0.29) is 11.5 Å². The number of nitrogens with one attached hydrogen (secondary N) is 1. The number of carboxylic acid groups (broad SMARTS) is 1. The van der Waals surface area contributed by atoms with Crippen molar-refractivity contribution in [1.82, 2.24) is 15.1 Å². The Morgan fingerprint density at radius 1 is 1.30 bits per heavy atom. The quantitative estimate of drug-likeness (QED) is 0.820. The Balaban J connectivity index is 2.08. The lowest BCUT2D eigenvalue weighted by molar-refractivity contribution is -0.139. The number of carbonyl (C=O) groups is 2. The van der Waals surface area contributed by atoms with Crippen LogP contribution in [0.25, 0.3) is 5.69 Å². The SMILES string of the molecule is CCCCC(NC(=O)c1ccn(-c2ccc(F)cc2)n1)C(=O)O. The minimum atomic E-state index is -1.07. The van der Waals surface area contributed by atoms with E-state index < -0.39 is 17.9 Å². The fourth-order valence-corrected chi connectivity index (χ4v) is 2.08. The van der Waals surface area contributed by atoms with Gasteiger partial charge in [-0.05, 0) is 36.8 Å². The van der Waals surface area contributed by atoms with Gasteiger partial charge in [0.05, 0.1) is 5.69 Å². The third kappa shape index (κ3) is 4.38. The molecule has 122 valence electrons. The molecule has 1 atom stereocenters. The summed E-state index contributed by atoms with van der Waals surface area (Å²) >= 11 is 0. The maximum atomic E-state index is 12.9. The fraction of sp³-hybridized carbons (Fsp3) is 0.312. The van der Waals surface area contributed by atoms with E-state index in [1.54, 1.807) is 6.20 Å². The third-order valence-electron chi connectivity index (χ3n) is 3.36. The van der Waals surface area contributed by atoms with Gasteiger partial charge in [0.25, 0.3) is 5.91 Å². The van der Waals surface area contributed by atoms with Crippen molar-refractivity contribution in [2.75, 3.05) is 0 Å². The molecule has 2 aromatic rings. The molecule has 23 heavy (non-hydrogen) atoms. The molecule has 1 aromatic heterocycles. The summed E-state index contributed by atoms with van der Waals surface area (Å²) in [6.07, 6.45) is 3.49. The van der Waals surface area contributed by atoms with Gasteiger partial charge in [-0.1, -0.05) is 19.8 Å². The van der Waals surface area contributed by atoms with Crippen molar-refractivity contribution in [1.29, 1.82) is 0 Å². The van der Waals surface area contributed by atoms with Crippen LogP contribution in [0, 0.1) is 5.82 Å². The van der Waals surface area contributed by atoms with E-state index in [1.807, 2.05) is 6.92 Å². The Bertz CT molecular complexity index is 682. The first kappa shape index (κ1) is 16.7. The van der Waals surface area contributed by atoms with Gasteiger partial charge in [0, 0.05) is 6.20 Å². The number of carboxylic acids is 1. The summed E-state index contributed by atoms with van der Waals surface area (Å²) in [4.78, 5) is 23.3. The average Bonchev–Trinajstić information content (AvgIpc) is 3.01. The van der Waals surface area contributed by atoms with Crippen molar-refractivity contribution >= 4 is 11.9 Å². The van der Waals surface area contributed by atoms with Gasteiger partial charge in [-0.3, -0.25) is 4.79 Å². The summed E-state index contributed by atoms with van der Waals surface area (Å²) in [6, 6.07) is 6.20. The fourth-order valence-electron chi connectivity index (χ4n) is 2.08. The summed E-state index contributed by atoms with van der Waals surface area (Å²) in [5, 5.41) is 15.7. The zero-order chi connectivity index (χ0) is 16.8. The number of amides is 1. The lowest BCUT2D eigenvalue weighted by Crippen LogP contribution is -2.40. The monoisotopic (exact) mass is 319 g/mol. The molecule has 0 saturated carbocycles. The standard InChI is InChI=1S/C16H18FN3O3/c1-2-3-4-14(16(22)23)18-15(21)13-9-10-20(19-13)12-7-5-11(17)6-8-12/h5-10,14H,2-4H2,1H3,(H,18,21)(H,22,23). The van der Waals surface area contributed by atoms with Crippen LogP contribution in [0.5, 0.6) is 0 Å². The van der Waals surface area contributed by atoms with E-state index >= 15 is 0 Å². The van der Waals surface area contributed by atoms with E-state index in [2.05, 4.69) is 10.4 Å². The molecule has 0 fully saturated rings. The highest BCUT2D eigenvalue weighted by Gasteiger charge is 2.21. The number of nitrogens with zero attached hydrogens (tertiary/aromatic N) is 2. The van der Waals surface area contributed by atoms with Gasteiger partial charge in [0.1, 0.15) is 11.9 Å². The Hall–Kier alpha value is -2.70. The molecule has 1 unspecified atom stereocenters. The number of benzene rings is 1. The van der Waals surface area contributed by atoms with Crippen LogP contribution >= 0.6 is 0 Å². The van der Waals surface area contributed by atoms with Crippen LogP contribution in [0.1, 0.15) is 36.7 Å². The van der Waals surface area contributed by atoms with E-state index in [4.69, 9.17) is 5.11 Å². The topological polar surface area (TPSA) is 84.2 Å². The number of aromatic nitrogens is 2. The molecule has 1 aromatic carbocycles. The number of carbonyl (C=O) groups excluding carboxylic acids is 1. The van der Waals surface area contributed by atoms with E-state index in [0.29, 0.717) is 18.5 Å². The van der Waals surface area contributed by atoms with Crippen molar-refractivity contribution in [3.05, 3.63) is 48.0 Å². The molecule has 0 aliphatic carbocycles.